The minimum absolute atomic E-state index is 0.272. The maximum atomic E-state index is 12.5. The Balaban J connectivity index is 1.55. The van der Waals surface area contributed by atoms with Gasteiger partial charge in [-0.2, -0.15) is 0 Å². The molecule has 6 heteroatoms. The Hall–Kier alpha value is -3.41. The smallest absolute Gasteiger partial charge is 0.274 e. The van der Waals surface area contributed by atoms with Crippen LogP contribution in [0.15, 0.2) is 60.9 Å². The third-order valence-electron chi connectivity index (χ3n) is 4.40. The number of methoxy groups -OCH3 is 1. The molecule has 6 nitrogen and oxygen atoms in total. The Kier molecular flexibility index (Phi) is 4.23. The summed E-state index contributed by atoms with van der Waals surface area (Å²) in [7, 11) is 1.60. The van der Waals surface area contributed by atoms with E-state index >= 15 is 0 Å². The van der Waals surface area contributed by atoms with Crippen molar-refractivity contribution in [3.05, 3.63) is 72.2 Å². The van der Waals surface area contributed by atoms with Gasteiger partial charge in [0.05, 0.1) is 7.11 Å². The van der Waals surface area contributed by atoms with E-state index in [0.29, 0.717) is 11.4 Å². The van der Waals surface area contributed by atoms with Crippen LogP contribution in [0.1, 0.15) is 16.1 Å². The molecule has 1 N–H and O–H groups in total. The quantitative estimate of drug-likeness (QED) is 0.784. The van der Waals surface area contributed by atoms with Crippen LogP contribution < -0.4 is 15.0 Å². The van der Waals surface area contributed by atoms with E-state index < -0.39 is 0 Å². The van der Waals surface area contributed by atoms with Crippen LogP contribution in [0.2, 0.25) is 0 Å². The van der Waals surface area contributed by atoms with E-state index in [1.54, 1.807) is 37.4 Å². The molecule has 2 aromatic carbocycles. The fourth-order valence-corrected chi connectivity index (χ4v) is 3.06. The summed E-state index contributed by atoms with van der Waals surface area (Å²) >= 11 is 0. The third kappa shape index (κ3) is 3.09. The maximum Gasteiger partial charge on any atom is 0.274 e. The maximum absolute atomic E-state index is 12.5. The molecule has 0 saturated heterocycles. The van der Waals surface area contributed by atoms with Gasteiger partial charge in [0.2, 0.25) is 0 Å². The number of ether oxygens (including phenoxy) is 1. The summed E-state index contributed by atoms with van der Waals surface area (Å²) in [5, 5.41) is 2.84. The van der Waals surface area contributed by atoms with E-state index in [4.69, 9.17) is 4.74 Å². The molecule has 1 aliphatic rings. The molecule has 0 radical (unpaired) electrons. The standard InChI is InChI=1S/C20H18N4O2/c1-26-16-8-6-15(7-9-16)23-20(25)17-12-19(22-13-21-17)24-11-10-14-4-2-3-5-18(14)24/h2-9,12-13H,10-11H2,1H3,(H,23,25). The van der Waals surface area contributed by atoms with Crippen molar-refractivity contribution in [1.29, 1.82) is 0 Å². The van der Waals surface area contributed by atoms with Crippen LogP contribution in [0.5, 0.6) is 5.75 Å². The molecular formula is C20H18N4O2. The highest BCUT2D eigenvalue weighted by molar-refractivity contribution is 6.03. The second-order valence-corrected chi connectivity index (χ2v) is 5.97. The highest BCUT2D eigenvalue weighted by Crippen LogP contribution is 2.33. The van der Waals surface area contributed by atoms with E-state index in [1.807, 2.05) is 12.1 Å². The van der Waals surface area contributed by atoms with Crippen molar-refractivity contribution in [3.8, 4) is 5.75 Å². The first-order chi connectivity index (χ1) is 12.7. The van der Waals surface area contributed by atoms with Gasteiger partial charge in [-0.05, 0) is 42.3 Å². The summed E-state index contributed by atoms with van der Waals surface area (Å²) in [5.74, 6) is 1.19. The van der Waals surface area contributed by atoms with Gasteiger partial charge in [0.15, 0.2) is 0 Å². The number of hydrogen-bond donors (Lipinski definition) is 1. The Morgan fingerprint density at radius 3 is 2.73 bits per heavy atom. The number of carbonyl (C=O) groups excluding carboxylic acids is 1. The second kappa shape index (κ2) is 6.84. The molecule has 1 aliphatic heterocycles. The van der Waals surface area contributed by atoms with Crippen molar-refractivity contribution in [1.82, 2.24) is 9.97 Å². The number of anilines is 3. The lowest BCUT2D eigenvalue weighted by Gasteiger charge is -2.18. The van der Waals surface area contributed by atoms with E-state index in [-0.39, 0.29) is 5.91 Å². The molecule has 130 valence electrons. The van der Waals surface area contributed by atoms with Crippen molar-refractivity contribution in [2.45, 2.75) is 6.42 Å². The molecule has 0 bridgehead atoms. The summed E-state index contributed by atoms with van der Waals surface area (Å²) in [6.45, 7) is 0.843. The van der Waals surface area contributed by atoms with Crippen molar-refractivity contribution in [2.75, 3.05) is 23.9 Å². The van der Waals surface area contributed by atoms with Gasteiger partial charge in [0.25, 0.3) is 5.91 Å². The van der Waals surface area contributed by atoms with Gasteiger partial charge in [-0.15, -0.1) is 0 Å². The van der Waals surface area contributed by atoms with Gasteiger partial charge in [0, 0.05) is 24.0 Å². The minimum atomic E-state index is -0.272. The Morgan fingerprint density at radius 2 is 1.92 bits per heavy atom. The molecule has 0 fully saturated rings. The highest BCUT2D eigenvalue weighted by atomic mass is 16.5. The fourth-order valence-electron chi connectivity index (χ4n) is 3.06. The number of benzene rings is 2. The molecule has 2 heterocycles. The van der Waals surface area contributed by atoms with Crippen LogP contribution in [-0.2, 0) is 6.42 Å². The third-order valence-corrected chi connectivity index (χ3v) is 4.40. The van der Waals surface area contributed by atoms with E-state index in [2.05, 4.69) is 32.3 Å². The Labute approximate surface area is 151 Å². The fraction of sp³-hybridized carbons (Fsp3) is 0.150. The number of hydrogen-bond acceptors (Lipinski definition) is 5. The lowest BCUT2D eigenvalue weighted by atomic mass is 10.2. The van der Waals surface area contributed by atoms with Crippen LogP contribution >= 0.6 is 0 Å². The number of amides is 1. The molecule has 0 saturated carbocycles. The monoisotopic (exact) mass is 346 g/mol. The van der Waals surface area contributed by atoms with Gasteiger partial charge in [-0.1, -0.05) is 18.2 Å². The van der Waals surface area contributed by atoms with Crippen molar-refractivity contribution >= 4 is 23.1 Å². The lowest BCUT2D eigenvalue weighted by molar-refractivity contribution is 0.102. The van der Waals surface area contributed by atoms with Gasteiger partial charge in [-0.3, -0.25) is 4.79 Å². The molecule has 0 spiro atoms. The molecule has 1 aromatic heterocycles. The second-order valence-electron chi connectivity index (χ2n) is 5.97. The van der Waals surface area contributed by atoms with Gasteiger partial charge in [0.1, 0.15) is 23.6 Å². The summed E-state index contributed by atoms with van der Waals surface area (Å²) in [4.78, 5) is 23.1. The van der Waals surface area contributed by atoms with Crippen LogP contribution in [0.25, 0.3) is 0 Å². The molecule has 0 aliphatic carbocycles. The number of fused-ring (bicyclic) bond motifs is 1. The number of carbonyl (C=O) groups is 1. The number of nitrogens with one attached hydrogen (secondary N) is 1. The number of para-hydroxylation sites is 1. The first-order valence-electron chi connectivity index (χ1n) is 8.37. The molecule has 3 aromatic rings. The number of rotatable bonds is 4. The summed E-state index contributed by atoms with van der Waals surface area (Å²) in [6.07, 6.45) is 2.40. The summed E-state index contributed by atoms with van der Waals surface area (Å²) in [6, 6.07) is 17.1. The average Bonchev–Trinajstić information content (AvgIpc) is 3.13. The molecular weight excluding hydrogens is 328 g/mol. The van der Waals surface area contributed by atoms with Gasteiger partial charge >= 0.3 is 0 Å². The van der Waals surface area contributed by atoms with Crippen molar-refractivity contribution in [3.63, 3.8) is 0 Å². The Bertz CT molecular complexity index is 941. The van der Waals surface area contributed by atoms with Crippen LogP contribution in [-0.4, -0.2) is 29.5 Å². The molecule has 0 unspecified atom stereocenters. The molecule has 4 rings (SSSR count). The molecule has 26 heavy (non-hydrogen) atoms. The van der Waals surface area contributed by atoms with Crippen molar-refractivity contribution in [2.24, 2.45) is 0 Å². The minimum Gasteiger partial charge on any atom is -0.497 e. The van der Waals surface area contributed by atoms with Crippen molar-refractivity contribution < 1.29 is 9.53 Å². The zero-order valence-electron chi connectivity index (χ0n) is 14.3. The normalized spacial score (nSPS) is 12.6. The summed E-state index contributed by atoms with van der Waals surface area (Å²) in [5.41, 5.74) is 3.43. The highest BCUT2D eigenvalue weighted by Gasteiger charge is 2.22. The molecule has 1 amide bonds. The topological polar surface area (TPSA) is 67.3 Å². The predicted molar refractivity (Wildman–Crippen MR) is 100 cm³/mol. The predicted octanol–water partition coefficient (Wildman–Crippen LogP) is 3.43. The zero-order chi connectivity index (χ0) is 17.9. The average molecular weight is 346 g/mol. The lowest BCUT2D eigenvalue weighted by Crippen LogP contribution is -2.18. The number of nitrogens with zero attached hydrogens (tertiary/aromatic N) is 3. The first-order valence-corrected chi connectivity index (χ1v) is 8.37. The van der Waals surface area contributed by atoms with Gasteiger partial charge in [-0.25, -0.2) is 9.97 Å². The van der Waals surface area contributed by atoms with Crippen LogP contribution in [0.4, 0.5) is 17.2 Å². The Morgan fingerprint density at radius 1 is 1.12 bits per heavy atom. The summed E-state index contributed by atoms with van der Waals surface area (Å²) < 4.78 is 5.12. The van der Waals surface area contributed by atoms with E-state index in [1.165, 1.54) is 11.9 Å². The number of aromatic nitrogens is 2. The van der Waals surface area contributed by atoms with E-state index in [0.717, 1.165) is 30.2 Å². The van der Waals surface area contributed by atoms with Crippen LogP contribution in [0.3, 0.4) is 0 Å². The van der Waals surface area contributed by atoms with E-state index in [9.17, 15) is 4.79 Å². The first kappa shape index (κ1) is 16.1. The largest absolute Gasteiger partial charge is 0.497 e. The molecule has 0 atom stereocenters. The SMILES string of the molecule is COc1ccc(NC(=O)c2cc(N3CCc4ccccc43)ncn2)cc1. The zero-order valence-corrected chi connectivity index (χ0v) is 14.3. The van der Waals surface area contributed by atoms with Gasteiger partial charge < -0.3 is 15.0 Å². The van der Waals surface area contributed by atoms with Crippen LogP contribution in [0, 0.1) is 0 Å².